The maximum atomic E-state index is 4.41. The van der Waals surface area contributed by atoms with Crippen LogP contribution in [-0.4, -0.2) is 4.98 Å². The Kier molecular flexibility index (Phi) is 4.43. The largest absolute Gasteiger partial charge is 0.249 e. The van der Waals surface area contributed by atoms with Gasteiger partial charge < -0.3 is 0 Å². The fourth-order valence-electron chi connectivity index (χ4n) is 1.42. The average molecular weight is 197 g/mol. The Labute approximate surface area is 85.2 Å². The molecule has 0 aliphatic heterocycles. The van der Waals surface area contributed by atoms with E-state index in [1.165, 1.54) is 35.6 Å². The second kappa shape index (κ2) is 5.38. The zero-order chi connectivity index (χ0) is 9.68. The topological polar surface area (TPSA) is 12.9 Å². The van der Waals surface area contributed by atoms with Crippen molar-refractivity contribution in [2.75, 3.05) is 0 Å². The molecule has 2 heteroatoms. The molecule has 0 aromatic carbocycles. The first-order valence-corrected chi connectivity index (χ1v) is 5.98. The number of nitrogens with zero attached hydrogens (tertiary/aromatic N) is 1. The minimum absolute atomic E-state index is 0.658. The minimum atomic E-state index is 0.658. The van der Waals surface area contributed by atoms with E-state index >= 15 is 0 Å². The van der Waals surface area contributed by atoms with E-state index < -0.39 is 0 Å². The molecule has 0 fully saturated rings. The minimum Gasteiger partial charge on any atom is -0.249 e. The van der Waals surface area contributed by atoms with Crippen LogP contribution in [-0.2, 0) is 0 Å². The third-order valence-corrected chi connectivity index (χ3v) is 3.45. The fraction of sp³-hybridized carbons (Fsp3) is 0.727. The van der Waals surface area contributed by atoms with Crippen molar-refractivity contribution in [2.45, 2.75) is 52.4 Å². The maximum absolute atomic E-state index is 4.41. The van der Waals surface area contributed by atoms with Gasteiger partial charge in [0.1, 0.15) is 0 Å². The number of hydrogen-bond donors (Lipinski definition) is 0. The van der Waals surface area contributed by atoms with Crippen molar-refractivity contribution in [3.8, 4) is 0 Å². The molecule has 0 amide bonds. The molecule has 0 saturated heterocycles. The van der Waals surface area contributed by atoms with Crippen LogP contribution in [0.2, 0.25) is 0 Å². The van der Waals surface area contributed by atoms with E-state index in [9.17, 15) is 0 Å². The van der Waals surface area contributed by atoms with Crippen LogP contribution in [0.4, 0.5) is 0 Å². The molecule has 0 N–H and O–H groups in total. The molecule has 0 saturated carbocycles. The van der Waals surface area contributed by atoms with Gasteiger partial charge in [0.15, 0.2) is 0 Å². The van der Waals surface area contributed by atoms with Gasteiger partial charge in [-0.2, -0.15) is 0 Å². The van der Waals surface area contributed by atoms with Gasteiger partial charge in [-0.05, 0) is 13.3 Å². The first kappa shape index (κ1) is 10.7. The van der Waals surface area contributed by atoms with E-state index in [0.29, 0.717) is 5.92 Å². The molecule has 1 aromatic rings. The summed E-state index contributed by atoms with van der Waals surface area (Å²) in [6, 6.07) is 0. The lowest BCUT2D eigenvalue weighted by molar-refractivity contribution is 0.596. The predicted molar refractivity (Wildman–Crippen MR) is 59.4 cm³/mol. The van der Waals surface area contributed by atoms with Crippen LogP contribution in [0.15, 0.2) is 6.20 Å². The highest BCUT2D eigenvalue weighted by atomic mass is 32.1. The number of unbranched alkanes of at least 4 members (excludes halogenated alkanes) is 2. The summed E-state index contributed by atoms with van der Waals surface area (Å²) in [5.41, 5.74) is 0. The molecule has 13 heavy (non-hydrogen) atoms. The molecule has 1 atom stereocenters. The van der Waals surface area contributed by atoms with Crippen LogP contribution in [0.25, 0.3) is 0 Å². The van der Waals surface area contributed by atoms with Crippen molar-refractivity contribution in [3.63, 3.8) is 0 Å². The van der Waals surface area contributed by atoms with Crippen LogP contribution >= 0.6 is 11.3 Å². The Hall–Kier alpha value is -0.370. The zero-order valence-electron chi connectivity index (χ0n) is 8.84. The molecule has 74 valence electrons. The highest BCUT2D eigenvalue weighted by Crippen LogP contribution is 2.25. The van der Waals surface area contributed by atoms with Crippen LogP contribution in [0.3, 0.4) is 0 Å². The van der Waals surface area contributed by atoms with E-state index in [4.69, 9.17) is 0 Å². The van der Waals surface area contributed by atoms with Gasteiger partial charge in [-0.25, -0.2) is 4.98 Å². The molecule has 0 spiro atoms. The lowest BCUT2D eigenvalue weighted by Crippen LogP contribution is -1.91. The van der Waals surface area contributed by atoms with Gasteiger partial charge >= 0.3 is 0 Å². The van der Waals surface area contributed by atoms with Crippen molar-refractivity contribution < 1.29 is 0 Å². The van der Waals surface area contributed by atoms with E-state index in [0.717, 1.165) is 0 Å². The predicted octanol–water partition coefficient (Wildman–Crippen LogP) is 4.14. The van der Waals surface area contributed by atoms with E-state index in [1.54, 1.807) is 0 Å². The summed E-state index contributed by atoms with van der Waals surface area (Å²) < 4.78 is 0. The van der Waals surface area contributed by atoms with Gasteiger partial charge in [0.05, 0.1) is 5.01 Å². The van der Waals surface area contributed by atoms with Crippen LogP contribution in [0.1, 0.15) is 55.3 Å². The Morgan fingerprint density at radius 3 is 2.77 bits per heavy atom. The molecule has 0 aliphatic rings. The lowest BCUT2D eigenvalue weighted by Gasteiger charge is -2.06. The molecule has 0 radical (unpaired) electrons. The number of aryl methyl sites for hydroxylation is 1. The van der Waals surface area contributed by atoms with Crippen molar-refractivity contribution in [1.29, 1.82) is 0 Å². The molecule has 1 nitrogen and oxygen atoms in total. The number of thiazole rings is 1. The molecular weight excluding hydrogens is 178 g/mol. The SMILES string of the molecule is CCCCCC(C)c1ncc(C)s1. The van der Waals surface area contributed by atoms with Crippen molar-refractivity contribution >= 4 is 11.3 Å². The summed E-state index contributed by atoms with van der Waals surface area (Å²) >= 11 is 1.84. The number of hydrogen-bond acceptors (Lipinski definition) is 2. The van der Waals surface area contributed by atoms with Gasteiger partial charge in [-0.1, -0.05) is 33.1 Å². The first-order valence-electron chi connectivity index (χ1n) is 5.16. The number of aromatic nitrogens is 1. The summed E-state index contributed by atoms with van der Waals surface area (Å²) in [5.74, 6) is 0.658. The highest BCUT2D eigenvalue weighted by molar-refractivity contribution is 7.11. The average Bonchev–Trinajstić information content (AvgIpc) is 2.52. The van der Waals surface area contributed by atoms with Gasteiger partial charge in [0, 0.05) is 17.0 Å². The first-order chi connectivity index (χ1) is 6.24. The second-order valence-electron chi connectivity index (χ2n) is 3.71. The smallest absolute Gasteiger partial charge is 0.0955 e. The molecular formula is C11H19NS. The normalized spacial score (nSPS) is 13.2. The summed E-state index contributed by atoms with van der Waals surface area (Å²) in [6.07, 6.45) is 7.28. The molecule has 0 bridgehead atoms. The van der Waals surface area contributed by atoms with Gasteiger partial charge in [-0.15, -0.1) is 11.3 Å². The van der Waals surface area contributed by atoms with E-state index in [2.05, 4.69) is 25.8 Å². The summed E-state index contributed by atoms with van der Waals surface area (Å²) in [4.78, 5) is 5.74. The molecule has 0 aliphatic carbocycles. The number of rotatable bonds is 5. The standard InChI is InChI=1S/C11H19NS/c1-4-5-6-7-9(2)11-12-8-10(3)13-11/h8-9H,4-7H2,1-3H3. The zero-order valence-corrected chi connectivity index (χ0v) is 9.66. The van der Waals surface area contributed by atoms with Crippen molar-refractivity contribution in [1.82, 2.24) is 4.98 Å². The van der Waals surface area contributed by atoms with E-state index in [1.807, 2.05) is 17.5 Å². The molecule has 1 unspecified atom stereocenters. The highest BCUT2D eigenvalue weighted by Gasteiger charge is 2.08. The van der Waals surface area contributed by atoms with Gasteiger partial charge in [0.2, 0.25) is 0 Å². The Bertz CT molecular complexity index is 242. The Morgan fingerprint density at radius 2 is 2.23 bits per heavy atom. The van der Waals surface area contributed by atoms with E-state index in [-0.39, 0.29) is 0 Å². The van der Waals surface area contributed by atoms with Crippen LogP contribution in [0, 0.1) is 6.92 Å². The maximum Gasteiger partial charge on any atom is 0.0955 e. The Morgan fingerprint density at radius 1 is 1.46 bits per heavy atom. The summed E-state index contributed by atoms with van der Waals surface area (Å²) in [5, 5.41) is 1.31. The van der Waals surface area contributed by atoms with Gasteiger partial charge in [-0.3, -0.25) is 0 Å². The third kappa shape index (κ3) is 3.47. The summed E-state index contributed by atoms with van der Waals surface area (Å²) in [7, 11) is 0. The summed E-state index contributed by atoms with van der Waals surface area (Å²) in [6.45, 7) is 6.66. The lowest BCUT2D eigenvalue weighted by atomic mass is 10.0. The Balaban J connectivity index is 2.35. The second-order valence-corrected chi connectivity index (χ2v) is 4.97. The van der Waals surface area contributed by atoms with Crippen molar-refractivity contribution in [2.24, 2.45) is 0 Å². The van der Waals surface area contributed by atoms with Crippen molar-refractivity contribution in [3.05, 3.63) is 16.1 Å². The fourth-order valence-corrected chi connectivity index (χ4v) is 2.28. The molecule has 1 heterocycles. The molecule has 1 aromatic heterocycles. The monoisotopic (exact) mass is 197 g/mol. The van der Waals surface area contributed by atoms with Crippen LogP contribution in [0.5, 0.6) is 0 Å². The van der Waals surface area contributed by atoms with Crippen LogP contribution < -0.4 is 0 Å². The molecule has 1 rings (SSSR count). The third-order valence-electron chi connectivity index (χ3n) is 2.30. The quantitative estimate of drug-likeness (QED) is 0.647. The van der Waals surface area contributed by atoms with Gasteiger partial charge in [0.25, 0.3) is 0 Å².